The molecule has 0 bridgehead atoms. The first-order valence-electron chi connectivity index (χ1n) is 6.40. The fourth-order valence-electron chi connectivity index (χ4n) is 1.64. The van der Waals surface area contributed by atoms with E-state index in [1.54, 1.807) is 35.7 Å². The summed E-state index contributed by atoms with van der Waals surface area (Å²) in [5.41, 5.74) is 0.778. The smallest absolute Gasteiger partial charge is 0.307 e. The highest BCUT2D eigenvalue weighted by Crippen LogP contribution is 2.15. The largest absolute Gasteiger partial charge is 0.461 e. The van der Waals surface area contributed by atoms with E-state index in [0.717, 1.165) is 16.9 Å². The van der Waals surface area contributed by atoms with Crippen LogP contribution in [0.3, 0.4) is 0 Å². The molecule has 0 amide bonds. The summed E-state index contributed by atoms with van der Waals surface area (Å²) in [5, 5.41) is 2.24. The number of benzene rings is 1. The molecule has 0 aliphatic heterocycles. The van der Waals surface area contributed by atoms with E-state index < -0.39 is 16.0 Å². The molecular formula is C14H14ClNO4S2. The Morgan fingerprint density at radius 2 is 2.09 bits per heavy atom. The topological polar surface area (TPSA) is 72.5 Å². The molecule has 2 aromatic rings. The molecule has 0 spiro atoms. The van der Waals surface area contributed by atoms with Crippen LogP contribution in [0.15, 0.2) is 46.0 Å². The molecule has 5 nitrogen and oxygen atoms in total. The number of halogens is 1. The maximum absolute atomic E-state index is 11.8. The summed E-state index contributed by atoms with van der Waals surface area (Å²) >= 11 is 6.95. The molecule has 8 heteroatoms. The highest BCUT2D eigenvalue weighted by atomic mass is 35.5. The third-order valence-electron chi connectivity index (χ3n) is 2.67. The fraction of sp³-hybridized carbons (Fsp3) is 0.214. The van der Waals surface area contributed by atoms with Gasteiger partial charge in [-0.3, -0.25) is 4.79 Å². The van der Waals surface area contributed by atoms with Gasteiger partial charge in [0.15, 0.2) is 0 Å². The Labute approximate surface area is 137 Å². The summed E-state index contributed by atoms with van der Waals surface area (Å²) in [6.45, 7) is 0.103. The van der Waals surface area contributed by atoms with E-state index in [2.05, 4.69) is 4.72 Å². The van der Waals surface area contributed by atoms with Gasteiger partial charge >= 0.3 is 5.97 Å². The maximum Gasteiger partial charge on any atom is 0.307 e. The number of hydrogen-bond acceptors (Lipinski definition) is 5. The summed E-state index contributed by atoms with van der Waals surface area (Å²) in [6, 6.07) is 10.1. The molecule has 0 fully saturated rings. The van der Waals surface area contributed by atoms with Crippen LogP contribution in [0.4, 0.5) is 0 Å². The Kier molecular flexibility index (Phi) is 5.96. The number of thiophene rings is 1. The van der Waals surface area contributed by atoms with Crippen LogP contribution in [0.1, 0.15) is 12.0 Å². The zero-order chi connectivity index (χ0) is 16.0. The van der Waals surface area contributed by atoms with Crippen LogP contribution in [0.25, 0.3) is 0 Å². The van der Waals surface area contributed by atoms with Crippen LogP contribution in [-0.4, -0.2) is 20.9 Å². The summed E-state index contributed by atoms with van der Waals surface area (Å²) in [7, 11) is -3.54. The molecule has 1 N–H and O–H groups in total. The summed E-state index contributed by atoms with van der Waals surface area (Å²) < 4.78 is 31.3. The van der Waals surface area contributed by atoms with Crippen molar-refractivity contribution < 1.29 is 17.9 Å². The molecule has 0 aliphatic carbocycles. The van der Waals surface area contributed by atoms with Crippen LogP contribution in [-0.2, 0) is 26.2 Å². The summed E-state index contributed by atoms with van der Waals surface area (Å²) in [4.78, 5) is 11.6. The Morgan fingerprint density at radius 3 is 2.77 bits per heavy atom. The Bertz CT molecular complexity index is 729. The van der Waals surface area contributed by atoms with Gasteiger partial charge in [-0.1, -0.05) is 29.8 Å². The van der Waals surface area contributed by atoms with Crippen LogP contribution < -0.4 is 4.72 Å². The van der Waals surface area contributed by atoms with Crippen molar-refractivity contribution in [2.45, 2.75) is 17.2 Å². The van der Waals surface area contributed by atoms with E-state index in [0.29, 0.717) is 5.02 Å². The number of ether oxygens (including phenoxy) is 1. The molecule has 0 aliphatic rings. The molecule has 0 atom stereocenters. The molecule has 1 aromatic heterocycles. The van der Waals surface area contributed by atoms with Crippen molar-refractivity contribution in [3.8, 4) is 0 Å². The highest BCUT2D eigenvalue weighted by molar-refractivity contribution is 7.91. The minimum Gasteiger partial charge on any atom is -0.461 e. The molecule has 1 heterocycles. The maximum atomic E-state index is 11.8. The lowest BCUT2D eigenvalue weighted by Crippen LogP contribution is -2.26. The van der Waals surface area contributed by atoms with Crippen LogP contribution in [0.5, 0.6) is 0 Å². The lowest BCUT2D eigenvalue weighted by molar-refractivity contribution is -0.144. The zero-order valence-corrected chi connectivity index (χ0v) is 13.9. The fourth-order valence-corrected chi connectivity index (χ4v) is 3.92. The van der Waals surface area contributed by atoms with Crippen LogP contribution in [0.2, 0.25) is 5.02 Å². The van der Waals surface area contributed by atoms with Crippen molar-refractivity contribution in [3.63, 3.8) is 0 Å². The number of sulfonamides is 1. The van der Waals surface area contributed by atoms with Gasteiger partial charge in [-0.25, -0.2) is 13.1 Å². The van der Waals surface area contributed by atoms with Gasteiger partial charge < -0.3 is 4.74 Å². The van der Waals surface area contributed by atoms with E-state index in [9.17, 15) is 13.2 Å². The van der Waals surface area contributed by atoms with Crippen molar-refractivity contribution in [1.82, 2.24) is 4.72 Å². The van der Waals surface area contributed by atoms with E-state index in [4.69, 9.17) is 16.3 Å². The van der Waals surface area contributed by atoms with Gasteiger partial charge in [0.1, 0.15) is 10.8 Å². The molecule has 0 unspecified atom stereocenters. The first kappa shape index (κ1) is 17.0. The molecular weight excluding hydrogens is 346 g/mol. The number of hydrogen-bond donors (Lipinski definition) is 1. The van der Waals surface area contributed by atoms with E-state index in [1.807, 2.05) is 0 Å². The molecule has 22 heavy (non-hydrogen) atoms. The first-order chi connectivity index (χ1) is 10.5. The van der Waals surface area contributed by atoms with Crippen LogP contribution >= 0.6 is 22.9 Å². The number of carbonyl (C=O) groups excluding carboxylic acids is 1. The number of nitrogens with one attached hydrogen (secondary N) is 1. The molecule has 0 radical (unpaired) electrons. The molecule has 2 rings (SSSR count). The number of esters is 1. The predicted octanol–water partition coefficient (Wildman–Crippen LogP) is 2.81. The van der Waals surface area contributed by atoms with Crippen molar-refractivity contribution in [1.29, 1.82) is 0 Å². The Hall–Kier alpha value is -1.41. The van der Waals surface area contributed by atoms with Gasteiger partial charge in [0.05, 0.1) is 6.42 Å². The number of carbonyl (C=O) groups is 1. The third kappa shape index (κ3) is 5.10. The van der Waals surface area contributed by atoms with Crippen molar-refractivity contribution in [3.05, 3.63) is 52.4 Å². The first-order valence-corrected chi connectivity index (χ1v) is 9.15. The standard InChI is InChI=1S/C14H14ClNO4S2/c15-12-4-1-3-11(9-12)10-20-13(17)6-7-16-22(18,19)14-5-2-8-21-14/h1-5,8-9,16H,6-7,10H2. The molecule has 0 saturated carbocycles. The van der Waals surface area contributed by atoms with Crippen molar-refractivity contribution in [2.24, 2.45) is 0 Å². The van der Waals surface area contributed by atoms with Gasteiger partial charge in [-0.05, 0) is 29.1 Å². The second kappa shape index (κ2) is 7.73. The summed E-state index contributed by atoms with van der Waals surface area (Å²) in [5.74, 6) is -0.478. The Morgan fingerprint density at radius 1 is 1.27 bits per heavy atom. The second-order valence-electron chi connectivity index (χ2n) is 4.37. The average molecular weight is 360 g/mol. The van der Waals surface area contributed by atoms with Gasteiger partial charge in [0.2, 0.25) is 10.0 Å². The second-order valence-corrected chi connectivity index (χ2v) is 7.75. The minimum absolute atomic E-state index is 0.00534. The average Bonchev–Trinajstić information content (AvgIpc) is 3.00. The normalized spacial score (nSPS) is 11.3. The lowest BCUT2D eigenvalue weighted by atomic mass is 10.2. The molecule has 118 valence electrons. The van der Waals surface area contributed by atoms with Gasteiger partial charge in [-0.15, -0.1) is 11.3 Å². The quantitative estimate of drug-likeness (QED) is 0.771. The van der Waals surface area contributed by atoms with Crippen molar-refractivity contribution in [2.75, 3.05) is 6.54 Å². The molecule has 1 aromatic carbocycles. The van der Waals surface area contributed by atoms with Gasteiger partial charge in [0.25, 0.3) is 0 Å². The number of rotatable bonds is 7. The SMILES string of the molecule is O=C(CCNS(=O)(=O)c1cccs1)OCc1cccc(Cl)c1. The molecule has 0 saturated heterocycles. The van der Waals surface area contributed by atoms with E-state index >= 15 is 0 Å². The summed E-state index contributed by atoms with van der Waals surface area (Å²) in [6.07, 6.45) is -0.0365. The highest BCUT2D eigenvalue weighted by Gasteiger charge is 2.15. The zero-order valence-electron chi connectivity index (χ0n) is 11.5. The van der Waals surface area contributed by atoms with Gasteiger partial charge in [0, 0.05) is 11.6 Å². The minimum atomic E-state index is -3.54. The Balaban J connectivity index is 1.74. The van der Waals surface area contributed by atoms with Gasteiger partial charge in [-0.2, -0.15) is 0 Å². The van der Waals surface area contributed by atoms with E-state index in [-0.39, 0.29) is 23.8 Å². The van der Waals surface area contributed by atoms with E-state index in [1.165, 1.54) is 6.07 Å². The van der Waals surface area contributed by atoms with Crippen LogP contribution in [0, 0.1) is 0 Å². The third-order valence-corrected chi connectivity index (χ3v) is 5.76. The van der Waals surface area contributed by atoms with Crippen molar-refractivity contribution >= 4 is 38.9 Å². The predicted molar refractivity (Wildman–Crippen MR) is 85.4 cm³/mol. The lowest BCUT2D eigenvalue weighted by Gasteiger charge is -2.06. The monoisotopic (exact) mass is 359 g/mol.